The van der Waals surface area contributed by atoms with Crippen molar-refractivity contribution in [2.24, 2.45) is 11.8 Å². The predicted molar refractivity (Wildman–Crippen MR) is 129 cm³/mol. The van der Waals surface area contributed by atoms with E-state index in [9.17, 15) is 9.59 Å². The Morgan fingerprint density at radius 3 is 2.48 bits per heavy atom. The summed E-state index contributed by atoms with van der Waals surface area (Å²) in [5, 5.41) is 3.94. The van der Waals surface area contributed by atoms with Crippen LogP contribution in [0.3, 0.4) is 0 Å². The van der Waals surface area contributed by atoms with Crippen LogP contribution in [0, 0.1) is 11.8 Å². The Labute approximate surface area is 195 Å². The number of methoxy groups -OCH3 is 1. The third-order valence-corrected chi connectivity index (χ3v) is 6.14. The van der Waals surface area contributed by atoms with Gasteiger partial charge in [0.25, 0.3) is 0 Å². The number of amides is 1. The van der Waals surface area contributed by atoms with Crippen molar-refractivity contribution >= 4 is 22.8 Å². The summed E-state index contributed by atoms with van der Waals surface area (Å²) in [4.78, 5) is 34.0. The zero-order valence-electron chi connectivity index (χ0n) is 19.7. The number of fused-ring (bicyclic) bond motifs is 1. The van der Waals surface area contributed by atoms with Crippen LogP contribution in [0.25, 0.3) is 10.9 Å². The van der Waals surface area contributed by atoms with Gasteiger partial charge in [0, 0.05) is 5.39 Å². The fourth-order valence-corrected chi connectivity index (χ4v) is 4.05. The van der Waals surface area contributed by atoms with E-state index >= 15 is 0 Å². The second kappa shape index (κ2) is 12.1. The Balaban J connectivity index is 1.68. The number of benzene rings is 2. The number of esters is 1. The maximum Gasteiger partial charge on any atom is 0.308 e. The monoisotopic (exact) mass is 447 g/mol. The average Bonchev–Trinajstić information content (AvgIpc) is 2.85. The van der Waals surface area contributed by atoms with E-state index in [0.29, 0.717) is 12.2 Å². The highest BCUT2D eigenvalue weighted by Crippen LogP contribution is 2.24. The van der Waals surface area contributed by atoms with Crippen LogP contribution in [0.1, 0.15) is 50.2 Å². The van der Waals surface area contributed by atoms with Crippen LogP contribution in [-0.2, 0) is 33.7 Å². The molecule has 2 atom stereocenters. The van der Waals surface area contributed by atoms with Gasteiger partial charge in [-0.2, -0.15) is 0 Å². The Morgan fingerprint density at radius 2 is 1.76 bits per heavy atom. The molecule has 1 amide bonds. The molecule has 3 rings (SSSR count). The van der Waals surface area contributed by atoms with E-state index in [-0.39, 0.29) is 30.3 Å². The van der Waals surface area contributed by atoms with Crippen molar-refractivity contribution < 1.29 is 14.3 Å². The molecule has 6 heteroatoms. The summed E-state index contributed by atoms with van der Waals surface area (Å²) < 4.78 is 5.02. The third kappa shape index (κ3) is 6.85. The van der Waals surface area contributed by atoms with Crippen LogP contribution in [0.15, 0.2) is 54.6 Å². The highest BCUT2D eigenvalue weighted by atomic mass is 16.5. The second-order valence-electron chi connectivity index (χ2n) is 8.45. The highest BCUT2D eigenvalue weighted by molar-refractivity contribution is 5.81. The maximum atomic E-state index is 12.4. The normalized spacial score (nSPS) is 12.8. The summed E-state index contributed by atoms with van der Waals surface area (Å²) >= 11 is 0. The zero-order chi connectivity index (χ0) is 23.6. The van der Waals surface area contributed by atoms with Crippen molar-refractivity contribution in [3.63, 3.8) is 0 Å². The quantitative estimate of drug-likeness (QED) is 0.433. The lowest BCUT2D eigenvalue weighted by Gasteiger charge is -2.20. The fourth-order valence-electron chi connectivity index (χ4n) is 4.05. The Kier molecular flexibility index (Phi) is 8.93. The smallest absolute Gasteiger partial charge is 0.308 e. The molecule has 1 heterocycles. The number of hydrogen-bond donors (Lipinski definition) is 1. The van der Waals surface area contributed by atoms with Crippen molar-refractivity contribution in [1.29, 1.82) is 0 Å². The first-order chi connectivity index (χ1) is 16.0. The number of aromatic nitrogens is 2. The SMILES string of the molecule is CCC(C)[C@H](CCCc1nc(CNC(=O)Cc2ccccc2)nc2ccccc12)C(=O)OC. The number of ether oxygens (including phenoxy) is 1. The standard InChI is InChI=1S/C27H33N3O3/c1-4-19(2)21(27(32)33-3)14-10-16-24-22-13-8-9-15-23(22)29-25(30-24)18-28-26(31)17-20-11-6-5-7-12-20/h5-9,11-13,15,19,21H,4,10,14,16-18H2,1-3H3,(H,28,31)/t19?,21-/m0/s1. The number of hydrogen-bond acceptors (Lipinski definition) is 5. The summed E-state index contributed by atoms with van der Waals surface area (Å²) in [6.45, 7) is 4.47. The van der Waals surface area contributed by atoms with Gasteiger partial charge >= 0.3 is 5.97 Å². The van der Waals surface area contributed by atoms with Crippen molar-refractivity contribution in [2.75, 3.05) is 7.11 Å². The van der Waals surface area contributed by atoms with Gasteiger partial charge in [-0.1, -0.05) is 68.8 Å². The van der Waals surface area contributed by atoms with Gasteiger partial charge in [-0.05, 0) is 36.8 Å². The number of para-hydroxylation sites is 1. The molecule has 1 aromatic heterocycles. The largest absolute Gasteiger partial charge is 0.469 e. The molecule has 0 bridgehead atoms. The molecule has 0 fully saturated rings. The molecule has 33 heavy (non-hydrogen) atoms. The van der Waals surface area contributed by atoms with Crippen LogP contribution < -0.4 is 5.32 Å². The van der Waals surface area contributed by atoms with E-state index in [2.05, 4.69) is 24.1 Å². The second-order valence-corrected chi connectivity index (χ2v) is 8.45. The molecule has 0 saturated heterocycles. The fraction of sp³-hybridized carbons (Fsp3) is 0.407. The molecule has 6 nitrogen and oxygen atoms in total. The first kappa shape index (κ1) is 24.4. The van der Waals surface area contributed by atoms with Crippen LogP contribution in [0.2, 0.25) is 0 Å². The van der Waals surface area contributed by atoms with Gasteiger partial charge in [0.15, 0.2) is 0 Å². The van der Waals surface area contributed by atoms with Gasteiger partial charge in [0.05, 0.1) is 37.2 Å². The molecule has 0 aliphatic heterocycles. The minimum absolute atomic E-state index is 0.0611. The van der Waals surface area contributed by atoms with E-state index < -0.39 is 0 Å². The molecule has 0 aliphatic carbocycles. The lowest BCUT2D eigenvalue weighted by atomic mass is 9.87. The number of carbonyl (C=O) groups is 2. The van der Waals surface area contributed by atoms with Crippen LogP contribution in [0.4, 0.5) is 0 Å². The van der Waals surface area contributed by atoms with E-state index in [4.69, 9.17) is 9.72 Å². The molecule has 0 saturated carbocycles. The Bertz CT molecular complexity index is 1070. The molecule has 3 aromatic rings. The molecular weight excluding hydrogens is 414 g/mol. The lowest BCUT2D eigenvalue weighted by molar-refractivity contribution is -0.147. The average molecular weight is 448 g/mol. The van der Waals surface area contributed by atoms with Crippen molar-refractivity contribution in [3.05, 3.63) is 71.7 Å². The summed E-state index contributed by atoms with van der Waals surface area (Å²) in [5.41, 5.74) is 2.78. The molecular formula is C27H33N3O3. The van der Waals surface area contributed by atoms with E-state index in [1.54, 1.807) is 0 Å². The number of carbonyl (C=O) groups excluding carboxylic acids is 2. The third-order valence-electron chi connectivity index (χ3n) is 6.14. The minimum Gasteiger partial charge on any atom is -0.469 e. The Morgan fingerprint density at radius 1 is 1.03 bits per heavy atom. The summed E-state index contributed by atoms with van der Waals surface area (Å²) in [6, 6.07) is 17.6. The summed E-state index contributed by atoms with van der Waals surface area (Å²) in [5.74, 6) is 0.559. The molecule has 0 radical (unpaired) electrons. The molecule has 1 N–H and O–H groups in total. The number of rotatable bonds is 11. The number of nitrogens with one attached hydrogen (secondary N) is 1. The van der Waals surface area contributed by atoms with Gasteiger partial charge in [-0.3, -0.25) is 9.59 Å². The van der Waals surface area contributed by atoms with Gasteiger partial charge in [-0.15, -0.1) is 0 Å². The van der Waals surface area contributed by atoms with Gasteiger partial charge in [0.1, 0.15) is 5.82 Å². The predicted octanol–water partition coefficient (Wildman–Crippen LogP) is 4.65. The molecule has 2 aromatic carbocycles. The Hall–Kier alpha value is -3.28. The lowest BCUT2D eigenvalue weighted by Crippen LogP contribution is -2.26. The van der Waals surface area contributed by atoms with Crippen molar-refractivity contribution in [1.82, 2.24) is 15.3 Å². The van der Waals surface area contributed by atoms with E-state index in [0.717, 1.165) is 47.8 Å². The molecule has 0 spiro atoms. The summed E-state index contributed by atoms with van der Waals surface area (Å²) in [6.07, 6.45) is 3.57. The van der Waals surface area contributed by atoms with Gasteiger partial charge in [-0.25, -0.2) is 9.97 Å². The molecule has 0 aliphatic rings. The first-order valence-corrected chi connectivity index (χ1v) is 11.6. The molecule has 1 unspecified atom stereocenters. The summed E-state index contributed by atoms with van der Waals surface area (Å²) in [7, 11) is 1.45. The van der Waals surface area contributed by atoms with Gasteiger partial charge < -0.3 is 10.1 Å². The number of aryl methyl sites for hydroxylation is 1. The maximum absolute atomic E-state index is 12.4. The topological polar surface area (TPSA) is 81.2 Å². The van der Waals surface area contributed by atoms with Gasteiger partial charge in [0.2, 0.25) is 5.91 Å². The van der Waals surface area contributed by atoms with E-state index in [1.165, 1.54) is 7.11 Å². The highest BCUT2D eigenvalue weighted by Gasteiger charge is 2.24. The minimum atomic E-state index is -0.140. The van der Waals surface area contributed by atoms with Crippen LogP contribution in [-0.4, -0.2) is 29.0 Å². The van der Waals surface area contributed by atoms with Crippen LogP contribution >= 0.6 is 0 Å². The first-order valence-electron chi connectivity index (χ1n) is 11.6. The number of nitrogens with zero attached hydrogens (tertiary/aromatic N) is 2. The van der Waals surface area contributed by atoms with E-state index in [1.807, 2.05) is 54.6 Å². The van der Waals surface area contributed by atoms with Crippen molar-refractivity contribution in [3.8, 4) is 0 Å². The van der Waals surface area contributed by atoms with Crippen LogP contribution in [0.5, 0.6) is 0 Å². The zero-order valence-corrected chi connectivity index (χ0v) is 19.7. The van der Waals surface area contributed by atoms with Crippen molar-refractivity contribution in [2.45, 2.75) is 52.5 Å². The molecule has 174 valence electrons.